The first-order valence-corrected chi connectivity index (χ1v) is 15.5. The molecule has 0 rings (SSSR count). The number of hydrogen-bond acceptors (Lipinski definition) is 8. The van der Waals surface area contributed by atoms with Crippen molar-refractivity contribution in [2.75, 3.05) is 66.0 Å². The molecule has 0 saturated heterocycles. The van der Waals surface area contributed by atoms with Crippen molar-refractivity contribution in [3.63, 3.8) is 0 Å². The van der Waals surface area contributed by atoms with Gasteiger partial charge in [0.05, 0.1) is 69.8 Å². The van der Waals surface area contributed by atoms with Gasteiger partial charge >= 0.3 is 7.60 Å². The molecule has 0 radical (unpaired) electrons. The Kier molecular flexibility index (Phi) is 17.6. The highest BCUT2D eigenvalue weighted by Gasteiger charge is 2.42. The molecule has 4 N–H and O–H groups in total. The lowest BCUT2D eigenvalue weighted by Crippen LogP contribution is -2.28. The number of rotatable bonds is 22. The monoisotopic (exact) mass is 549 g/mol. The molecule has 0 aromatic heterocycles. The molecule has 0 aromatic rings. The highest BCUT2D eigenvalue weighted by atomic mass is 31.2. The Morgan fingerprint density at radius 1 is 0.800 bits per heavy atom. The summed E-state index contributed by atoms with van der Waals surface area (Å²) in [6.07, 6.45) is 0.852. The zero-order valence-electron chi connectivity index (χ0n) is 22.4. The molecule has 0 heterocycles. The SMILES string of the molecule is CCCC(C)(CC)P(=O)(O)OCC(O)COCCOCCOCCOCCNP(=O)(O)C(C)(C)C. The summed E-state index contributed by atoms with van der Waals surface area (Å²) in [6.45, 7) is 13.0. The lowest BCUT2D eigenvalue weighted by atomic mass is 10.0. The van der Waals surface area contributed by atoms with E-state index in [1.165, 1.54) is 0 Å². The van der Waals surface area contributed by atoms with Gasteiger partial charge in [-0.15, -0.1) is 0 Å². The van der Waals surface area contributed by atoms with Crippen LogP contribution >= 0.6 is 15.1 Å². The molecule has 13 heteroatoms. The Labute approximate surface area is 211 Å². The van der Waals surface area contributed by atoms with Gasteiger partial charge in [-0.2, -0.15) is 0 Å². The van der Waals surface area contributed by atoms with Crippen molar-refractivity contribution in [1.82, 2.24) is 5.09 Å². The van der Waals surface area contributed by atoms with Gasteiger partial charge in [-0.05, 0) is 40.5 Å². The van der Waals surface area contributed by atoms with E-state index in [9.17, 15) is 24.0 Å². The standard InChI is InChI=1S/C22H49NO10P2/c1-7-9-22(6,8-2)35(27,28)33-19-20(24)18-32-17-16-31-15-14-30-13-12-29-11-10-23-34(25,26)21(3,4)5/h20,24H,7-19H2,1-6H3,(H,27,28)(H2,23,25,26). The van der Waals surface area contributed by atoms with Gasteiger partial charge in [-0.1, -0.05) is 20.3 Å². The maximum absolute atomic E-state index is 12.5. The fourth-order valence-electron chi connectivity index (χ4n) is 2.83. The first-order chi connectivity index (χ1) is 16.2. The predicted octanol–water partition coefficient (Wildman–Crippen LogP) is 3.16. The zero-order chi connectivity index (χ0) is 27.0. The fourth-order valence-corrected chi connectivity index (χ4v) is 5.29. The maximum Gasteiger partial charge on any atom is 0.333 e. The minimum Gasteiger partial charge on any atom is -0.388 e. The van der Waals surface area contributed by atoms with Crippen molar-refractivity contribution in [3.8, 4) is 0 Å². The van der Waals surface area contributed by atoms with E-state index >= 15 is 0 Å². The van der Waals surface area contributed by atoms with E-state index in [1.54, 1.807) is 27.7 Å². The van der Waals surface area contributed by atoms with Crippen LogP contribution in [0.3, 0.4) is 0 Å². The number of aliphatic hydroxyl groups excluding tert-OH is 1. The third-order valence-corrected chi connectivity index (χ3v) is 10.5. The first kappa shape index (κ1) is 35.1. The van der Waals surface area contributed by atoms with Gasteiger partial charge in [-0.3, -0.25) is 9.13 Å². The average Bonchev–Trinajstić information content (AvgIpc) is 2.77. The second-order valence-electron chi connectivity index (χ2n) is 9.64. The predicted molar refractivity (Wildman–Crippen MR) is 136 cm³/mol. The molecule has 4 unspecified atom stereocenters. The van der Waals surface area contributed by atoms with E-state index < -0.39 is 31.5 Å². The van der Waals surface area contributed by atoms with E-state index in [-0.39, 0.29) is 26.4 Å². The highest BCUT2D eigenvalue weighted by Crippen LogP contribution is 2.59. The molecule has 0 spiro atoms. The van der Waals surface area contributed by atoms with Crippen molar-refractivity contribution >= 4 is 15.1 Å². The normalized spacial score (nSPS) is 18.5. The summed E-state index contributed by atoms with van der Waals surface area (Å²) < 4.78 is 51.1. The quantitative estimate of drug-likeness (QED) is 0.116. The summed E-state index contributed by atoms with van der Waals surface area (Å²) in [5.74, 6) is 0. The summed E-state index contributed by atoms with van der Waals surface area (Å²) in [4.78, 5) is 20.1. The first-order valence-electron chi connectivity index (χ1n) is 12.3. The molecule has 0 aromatic carbocycles. The second-order valence-corrected chi connectivity index (χ2v) is 14.8. The van der Waals surface area contributed by atoms with Crippen LogP contribution < -0.4 is 5.09 Å². The Morgan fingerprint density at radius 2 is 1.29 bits per heavy atom. The molecule has 4 atom stereocenters. The van der Waals surface area contributed by atoms with Gasteiger partial charge in [0, 0.05) is 6.54 Å². The van der Waals surface area contributed by atoms with Crippen molar-refractivity contribution < 1.29 is 47.5 Å². The zero-order valence-corrected chi connectivity index (χ0v) is 24.2. The second kappa shape index (κ2) is 17.6. The van der Waals surface area contributed by atoms with Gasteiger partial charge in [0.15, 0.2) is 0 Å². The van der Waals surface area contributed by atoms with E-state index in [0.717, 1.165) is 6.42 Å². The molecule has 0 aliphatic carbocycles. The molecule has 0 bridgehead atoms. The third-order valence-electron chi connectivity index (χ3n) is 5.58. The summed E-state index contributed by atoms with van der Waals surface area (Å²) in [7, 11) is -7.27. The maximum atomic E-state index is 12.5. The molecule has 0 saturated carbocycles. The Balaban J connectivity index is 3.66. The van der Waals surface area contributed by atoms with Crippen LogP contribution in [0, 0.1) is 0 Å². The van der Waals surface area contributed by atoms with Crippen molar-refractivity contribution in [2.45, 2.75) is 77.2 Å². The Morgan fingerprint density at radius 3 is 1.74 bits per heavy atom. The van der Waals surface area contributed by atoms with Crippen LogP contribution in [0.2, 0.25) is 0 Å². The number of nitrogens with one attached hydrogen (secondary N) is 1. The van der Waals surface area contributed by atoms with Crippen LogP contribution in [-0.2, 0) is 32.6 Å². The van der Waals surface area contributed by atoms with Crippen molar-refractivity contribution in [2.24, 2.45) is 0 Å². The fraction of sp³-hybridized carbons (Fsp3) is 1.00. The van der Waals surface area contributed by atoms with Gasteiger partial charge in [-0.25, -0.2) is 5.09 Å². The van der Waals surface area contributed by atoms with E-state index in [4.69, 9.17) is 23.5 Å². The van der Waals surface area contributed by atoms with Crippen LogP contribution in [0.1, 0.15) is 60.8 Å². The highest BCUT2D eigenvalue weighted by molar-refractivity contribution is 7.57. The molecule has 0 aliphatic rings. The van der Waals surface area contributed by atoms with E-state index in [1.807, 2.05) is 13.8 Å². The molecular formula is C22H49NO10P2. The average molecular weight is 550 g/mol. The molecule has 11 nitrogen and oxygen atoms in total. The molecule has 212 valence electrons. The van der Waals surface area contributed by atoms with E-state index in [0.29, 0.717) is 52.5 Å². The number of hydrogen-bond donors (Lipinski definition) is 4. The summed E-state index contributed by atoms with van der Waals surface area (Å²) in [5.41, 5.74) is 0. The molecule has 0 fully saturated rings. The smallest absolute Gasteiger partial charge is 0.333 e. The molecule has 35 heavy (non-hydrogen) atoms. The van der Waals surface area contributed by atoms with Crippen LogP contribution in [0.15, 0.2) is 0 Å². The lowest BCUT2D eigenvalue weighted by molar-refractivity contribution is -0.0253. The molecular weight excluding hydrogens is 500 g/mol. The van der Waals surface area contributed by atoms with Gasteiger partial charge in [0.1, 0.15) is 6.10 Å². The van der Waals surface area contributed by atoms with E-state index in [2.05, 4.69) is 5.09 Å². The lowest BCUT2D eigenvalue weighted by Gasteiger charge is -2.32. The van der Waals surface area contributed by atoms with Gasteiger partial charge in [0.25, 0.3) is 7.52 Å². The Bertz CT molecular complexity index is 646. The van der Waals surface area contributed by atoms with Gasteiger partial charge in [0.2, 0.25) is 0 Å². The topological polar surface area (TPSA) is 153 Å². The summed E-state index contributed by atoms with van der Waals surface area (Å²) in [6, 6.07) is 0. The minimum absolute atomic E-state index is 0.0236. The summed E-state index contributed by atoms with van der Waals surface area (Å²) in [5, 5.41) is 11.0. The third kappa shape index (κ3) is 14.6. The van der Waals surface area contributed by atoms with Crippen molar-refractivity contribution in [1.29, 1.82) is 0 Å². The number of aliphatic hydroxyl groups is 1. The number of ether oxygens (including phenoxy) is 4. The summed E-state index contributed by atoms with van der Waals surface area (Å²) >= 11 is 0. The van der Waals surface area contributed by atoms with Crippen LogP contribution in [-0.4, -0.2) is 97.3 Å². The largest absolute Gasteiger partial charge is 0.388 e. The molecule has 0 aliphatic heterocycles. The minimum atomic E-state index is -3.86. The van der Waals surface area contributed by atoms with Crippen LogP contribution in [0.25, 0.3) is 0 Å². The Hall–Kier alpha value is 0.1000. The van der Waals surface area contributed by atoms with Crippen molar-refractivity contribution in [3.05, 3.63) is 0 Å². The van der Waals surface area contributed by atoms with Gasteiger partial charge < -0.3 is 38.4 Å². The van der Waals surface area contributed by atoms with Crippen LogP contribution in [0.5, 0.6) is 0 Å². The molecule has 0 amide bonds. The van der Waals surface area contributed by atoms with Crippen LogP contribution in [0.4, 0.5) is 0 Å².